The van der Waals surface area contributed by atoms with E-state index in [-0.39, 0.29) is 30.2 Å². The van der Waals surface area contributed by atoms with E-state index >= 15 is 0 Å². The summed E-state index contributed by atoms with van der Waals surface area (Å²) in [5, 5.41) is 7.35. The van der Waals surface area contributed by atoms with Gasteiger partial charge in [-0.05, 0) is 23.6 Å². The number of nitrogens with two attached hydrogens (primary N) is 1. The van der Waals surface area contributed by atoms with E-state index < -0.39 is 5.91 Å². The fourth-order valence-corrected chi connectivity index (χ4v) is 2.57. The first kappa shape index (κ1) is 15.7. The Hall–Kier alpha value is -2.67. The topological polar surface area (TPSA) is 101 Å². The van der Waals surface area contributed by atoms with E-state index in [4.69, 9.17) is 5.73 Å². The zero-order valence-electron chi connectivity index (χ0n) is 11.7. The minimum atomic E-state index is -0.599. The molecule has 22 heavy (non-hydrogen) atoms. The van der Waals surface area contributed by atoms with Gasteiger partial charge in [-0.25, -0.2) is 0 Å². The van der Waals surface area contributed by atoms with Gasteiger partial charge >= 0.3 is 0 Å². The van der Waals surface area contributed by atoms with Crippen molar-refractivity contribution >= 4 is 39.7 Å². The van der Waals surface area contributed by atoms with Gasteiger partial charge in [-0.2, -0.15) is 0 Å². The number of nitrogens with one attached hydrogen (secondary N) is 2. The number of rotatable bonds is 6. The Kier molecular flexibility index (Phi) is 5.26. The van der Waals surface area contributed by atoms with Crippen LogP contribution < -0.4 is 16.4 Å². The molecule has 0 unspecified atom stereocenters. The molecule has 1 heterocycles. The van der Waals surface area contributed by atoms with Crippen LogP contribution in [-0.4, -0.2) is 17.7 Å². The number of primary amides is 1. The van der Waals surface area contributed by atoms with E-state index in [0.29, 0.717) is 10.7 Å². The zero-order chi connectivity index (χ0) is 15.9. The molecule has 0 aliphatic rings. The second kappa shape index (κ2) is 7.37. The van der Waals surface area contributed by atoms with E-state index in [1.807, 2.05) is 18.2 Å². The van der Waals surface area contributed by atoms with Crippen molar-refractivity contribution in [3.05, 3.63) is 47.3 Å². The van der Waals surface area contributed by atoms with Crippen LogP contribution in [0.1, 0.15) is 23.2 Å². The van der Waals surface area contributed by atoms with Crippen molar-refractivity contribution in [3.63, 3.8) is 0 Å². The number of para-hydroxylation sites is 1. The molecule has 0 aliphatic carbocycles. The van der Waals surface area contributed by atoms with Gasteiger partial charge < -0.3 is 16.4 Å². The summed E-state index contributed by atoms with van der Waals surface area (Å²) in [5.41, 5.74) is 6.15. The van der Waals surface area contributed by atoms with Crippen molar-refractivity contribution in [3.8, 4) is 0 Å². The third kappa shape index (κ3) is 4.42. The highest BCUT2D eigenvalue weighted by atomic mass is 32.1. The van der Waals surface area contributed by atoms with Crippen molar-refractivity contribution in [2.75, 3.05) is 10.6 Å². The van der Waals surface area contributed by atoms with Crippen LogP contribution in [0.5, 0.6) is 0 Å². The number of benzene rings is 1. The summed E-state index contributed by atoms with van der Waals surface area (Å²) in [7, 11) is 0. The number of carbonyl (C=O) groups is 3. The number of amides is 3. The molecular weight excluding hydrogens is 302 g/mol. The molecule has 0 saturated carbocycles. The van der Waals surface area contributed by atoms with Crippen LogP contribution in [0.2, 0.25) is 0 Å². The lowest BCUT2D eigenvalue weighted by Crippen LogP contribution is -2.19. The summed E-state index contributed by atoms with van der Waals surface area (Å²) >= 11 is 1.21. The minimum absolute atomic E-state index is 0.0226. The number of anilines is 2. The van der Waals surface area contributed by atoms with Gasteiger partial charge in [0.2, 0.25) is 11.8 Å². The third-order valence-corrected chi connectivity index (χ3v) is 3.65. The molecule has 2 rings (SSSR count). The summed E-state index contributed by atoms with van der Waals surface area (Å²) in [6, 6.07) is 10.5. The van der Waals surface area contributed by atoms with Gasteiger partial charge in [0.05, 0.1) is 5.56 Å². The minimum Gasteiger partial charge on any atom is -0.366 e. The van der Waals surface area contributed by atoms with Gasteiger partial charge in [0.25, 0.3) is 5.91 Å². The largest absolute Gasteiger partial charge is 0.366 e. The molecule has 0 fully saturated rings. The predicted molar refractivity (Wildman–Crippen MR) is 85.8 cm³/mol. The molecule has 114 valence electrons. The van der Waals surface area contributed by atoms with Crippen LogP contribution in [0.15, 0.2) is 41.8 Å². The van der Waals surface area contributed by atoms with E-state index in [2.05, 4.69) is 10.6 Å². The van der Waals surface area contributed by atoms with Gasteiger partial charge in [0.1, 0.15) is 5.00 Å². The summed E-state index contributed by atoms with van der Waals surface area (Å²) < 4.78 is 0. The first-order chi connectivity index (χ1) is 10.6. The quantitative estimate of drug-likeness (QED) is 0.761. The van der Waals surface area contributed by atoms with E-state index in [9.17, 15) is 14.4 Å². The molecule has 3 amide bonds. The number of hydrogen-bond acceptors (Lipinski definition) is 4. The zero-order valence-corrected chi connectivity index (χ0v) is 12.5. The first-order valence-corrected chi connectivity index (χ1v) is 7.46. The molecular formula is C15H15N3O3S. The monoisotopic (exact) mass is 317 g/mol. The second-order valence-electron chi connectivity index (χ2n) is 4.49. The SMILES string of the molecule is NC(=O)c1ccsc1NC(=O)CCC(=O)Nc1ccccc1. The molecule has 0 aliphatic heterocycles. The lowest BCUT2D eigenvalue weighted by molar-refractivity contribution is -0.121. The van der Waals surface area contributed by atoms with Crippen LogP contribution in [-0.2, 0) is 9.59 Å². The summed E-state index contributed by atoms with van der Waals surface area (Å²) in [4.78, 5) is 34.7. The standard InChI is InChI=1S/C15H15N3O3S/c16-14(21)11-8-9-22-15(11)18-13(20)7-6-12(19)17-10-4-2-1-3-5-10/h1-5,8-9H,6-7H2,(H2,16,21)(H,17,19)(H,18,20). The van der Waals surface area contributed by atoms with Crippen molar-refractivity contribution in [1.29, 1.82) is 0 Å². The molecule has 7 heteroatoms. The Balaban J connectivity index is 1.81. The van der Waals surface area contributed by atoms with Gasteiger partial charge in [-0.3, -0.25) is 14.4 Å². The maximum atomic E-state index is 11.8. The lowest BCUT2D eigenvalue weighted by Gasteiger charge is -2.06. The summed E-state index contributed by atoms with van der Waals surface area (Å²) in [5.74, 6) is -1.19. The average Bonchev–Trinajstić information content (AvgIpc) is 2.94. The highest BCUT2D eigenvalue weighted by molar-refractivity contribution is 7.14. The summed E-state index contributed by atoms with van der Waals surface area (Å²) in [6.07, 6.45) is 0.0762. The molecule has 1 aromatic carbocycles. The van der Waals surface area contributed by atoms with Crippen LogP contribution in [0.25, 0.3) is 0 Å². The second-order valence-corrected chi connectivity index (χ2v) is 5.41. The van der Waals surface area contributed by atoms with Crippen molar-refractivity contribution in [2.45, 2.75) is 12.8 Å². The fraction of sp³-hybridized carbons (Fsp3) is 0.133. The lowest BCUT2D eigenvalue weighted by atomic mass is 10.2. The van der Waals surface area contributed by atoms with Crippen LogP contribution in [0.4, 0.5) is 10.7 Å². The molecule has 1 aromatic heterocycles. The van der Waals surface area contributed by atoms with Crippen LogP contribution >= 0.6 is 11.3 Å². The first-order valence-electron chi connectivity index (χ1n) is 6.58. The third-order valence-electron chi connectivity index (χ3n) is 2.82. The molecule has 0 bridgehead atoms. The average molecular weight is 317 g/mol. The fourth-order valence-electron chi connectivity index (χ4n) is 1.76. The number of hydrogen-bond donors (Lipinski definition) is 3. The highest BCUT2D eigenvalue weighted by Gasteiger charge is 2.13. The Morgan fingerprint density at radius 1 is 0.955 bits per heavy atom. The number of thiophene rings is 1. The molecule has 0 radical (unpaired) electrons. The Bertz CT molecular complexity index is 682. The maximum absolute atomic E-state index is 11.8. The van der Waals surface area contributed by atoms with Crippen molar-refractivity contribution in [2.24, 2.45) is 5.73 Å². The highest BCUT2D eigenvalue weighted by Crippen LogP contribution is 2.22. The van der Waals surface area contributed by atoms with Gasteiger partial charge in [0.15, 0.2) is 0 Å². The summed E-state index contributed by atoms with van der Waals surface area (Å²) in [6.45, 7) is 0. The van der Waals surface area contributed by atoms with Crippen LogP contribution in [0.3, 0.4) is 0 Å². The smallest absolute Gasteiger partial charge is 0.251 e. The normalized spacial score (nSPS) is 10.0. The van der Waals surface area contributed by atoms with E-state index in [1.165, 1.54) is 11.3 Å². The number of carbonyl (C=O) groups excluding carboxylic acids is 3. The Labute approximate surface area is 131 Å². The molecule has 6 nitrogen and oxygen atoms in total. The Morgan fingerprint density at radius 2 is 1.59 bits per heavy atom. The van der Waals surface area contributed by atoms with E-state index in [0.717, 1.165) is 0 Å². The molecule has 2 aromatic rings. The van der Waals surface area contributed by atoms with Gasteiger partial charge in [-0.15, -0.1) is 11.3 Å². The molecule has 0 atom stereocenters. The van der Waals surface area contributed by atoms with Crippen molar-refractivity contribution < 1.29 is 14.4 Å². The van der Waals surface area contributed by atoms with Gasteiger partial charge in [0, 0.05) is 18.5 Å². The predicted octanol–water partition coefficient (Wildman–Crippen LogP) is 2.20. The molecule has 4 N–H and O–H groups in total. The Morgan fingerprint density at radius 3 is 2.23 bits per heavy atom. The van der Waals surface area contributed by atoms with E-state index in [1.54, 1.807) is 23.6 Å². The van der Waals surface area contributed by atoms with Crippen LogP contribution in [0, 0.1) is 0 Å². The molecule has 0 spiro atoms. The molecule has 0 saturated heterocycles. The maximum Gasteiger partial charge on any atom is 0.251 e. The van der Waals surface area contributed by atoms with Gasteiger partial charge in [-0.1, -0.05) is 18.2 Å². The van der Waals surface area contributed by atoms with Crippen molar-refractivity contribution in [1.82, 2.24) is 0 Å².